The van der Waals surface area contributed by atoms with Crippen molar-refractivity contribution in [1.82, 2.24) is 10.2 Å². The van der Waals surface area contributed by atoms with Gasteiger partial charge in [-0.3, -0.25) is 9.59 Å². The van der Waals surface area contributed by atoms with Gasteiger partial charge in [-0.15, -0.1) is 0 Å². The molecular formula is C29H30N4O4. The molecular weight excluding hydrogens is 468 g/mol. The van der Waals surface area contributed by atoms with Crippen LogP contribution in [0, 0.1) is 6.92 Å². The number of aryl methyl sites for hydroxylation is 1. The van der Waals surface area contributed by atoms with Crippen molar-refractivity contribution in [3.63, 3.8) is 0 Å². The van der Waals surface area contributed by atoms with Gasteiger partial charge < -0.3 is 26.0 Å². The zero-order valence-electron chi connectivity index (χ0n) is 21.1. The summed E-state index contributed by atoms with van der Waals surface area (Å²) in [5, 5.41) is 18.6. The van der Waals surface area contributed by atoms with Gasteiger partial charge in [0, 0.05) is 23.4 Å². The number of amides is 2. The SMILES string of the molecule is Cc1cc2c(cc1C(=O)O)NC(=O)C2=C(Nc1ccc(C(=O)NCCCN(C)C)cc1)c1ccccc1. The van der Waals surface area contributed by atoms with E-state index in [9.17, 15) is 19.5 Å². The van der Waals surface area contributed by atoms with E-state index in [4.69, 9.17) is 0 Å². The van der Waals surface area contributed by atoms with Gasteiger partial charge in [0.1, 0.15) is 0 Å². The molecule has 8 heteroatoms. The first-order valence-corrected chi connectivity index (χ1v) is 12.0. The Bertz CT molecular complexity index is 1360. The van der Waals surface area contributed by atoms with Crippen molar-refractivity contribution >= 4 is 40.4 Å². The summed E-state index contributed by atoms with van der Waals surface area (Å²) in [6.45, 7) is 3.21. The Labute approximate surface area is 216 Å². The third kappa shape index (κ3) is 5.87. The maximum Gasteiger partial charge on any atom is 0.336 e. The van der Waals surface area contributed by atoms with Crippen molar-refractivity contribution in [2.24, 2.45) is 0 Å². The first kappa shape index (κ1) is 25.7. The summed E-state index contributed by atoms with van der Waals surface area (Å²) in [5.74, 6) is -1.51. The molecule has 0 spiro atoms. The van der Waals surface area contributed by atoms with Gasteiger partial charge in [-0.25, -0.2) is 4.79 Å². The predicted molar refractivity (Wildman–Crippen MR) is 146 cm³/mol. The highest BCUT2D eigenvalue weighted by atomic mass is 16.4. The van der Waals surface area contributed by atoms with E-state index in [2.05, 4.69) is 20.9 Å². The normalized spacial score (nSPS) is 13.7. The highest BCUT2D eigenvalue weighted by Crippen LogP contribution is 2.39. The van der Waals surface area contributed by atoms with Crippen LogP contribution >= 0.6 is 0 Å². The number of hydrogen-bond donors (Lipinski definition) is 4. The molecule has 2 amide bonds. The lowest BCUT2D eigenvalue weighted by Gasteiger charge is -2.15. The van der Waals surface area contributed by atoms with Crippen LogP contribution < -0.4 is 16.0 Å². The maximum atomic E-state index is 13.1. The number of aromatic carboxylic acids is 1. The molecule has 0 aliphatic carbocycles. The average molecular weight is 499 g/mol. The van der Waals surface area contributed by atoms with Gasteiger partial charge in [0.15, 0.2) is 0 Å². The molecule has 3 aromatic rings. The van der Waals surface area contributed by atoms with E-state index in [0.717, 1.165) is 18.5 Å². The van der Waals surface area contributed by atoms with Crippen molar-refractivity contribution in [1.29, 1.82) is 0 Å². The summed E-state index contributed by atoms with van der Waals surface area (Å²) >= 11 is 0. The Kier molecular flexibility index (Phi) is 7.69. The molecule has 4 rings (SSSR count). The summed E-state index contributed by atoms with van der Waals surface area (Å²) in [6.07, 6.45) is 0.864. The van der Waals surface area contributed by atoms with Crippen LogP contribution in [0.25, 0.3) is 11.3 Å². The Morgan fingerprint density at radius 3 is 2.32 bits per heavy atom. The van der Waals surface area contributed by atoms with Crippen molar-refractivity contribution in [3.05, 3.63) is 94.5 Å². The highest BCUT2D eigenvalue weighted by Gasteiger charge is 2.30. The molecule has 0 fully saturated rings. The quantitative estimate of drug-likeness (QED) is 0.259. The molecule has 190 valence electrons. The van der Waals surface area contributed by atoms with Crippen LogP contribution in [0.15, 0.2) is 66.7 Å². The third-order valence-electron chi connectivity index (χ3n) is 6.14. The largest absolute Gasteiger partial charge is 0.478 e. The average Bonchev–Trinajstić information content (AvgIpc) is 3.19. The molecule has 3 aromatic carbocycles. The monoisotopic (exact) mass is 498 g/mol. The molecule has 37 heavy (non-hydrogen) atoms. The Hall–Kier alpha value is -4.43. The van der Waals surface area contributed by atoms with Crippen LogP contribution in [0.3, 0.4) is 0 Å². The van der Waals surface area contributed by atoms with E-state index in [1.165, 1.54) is 6.07 Å². The van der Waals surface area contributed by atoms with Gasteiger partial charge in [-0.1, -0.05) is 30.3 Å². The standard InChI is InChI=1S/C29H30N4O4/c1-18-16-23-24(17-22(18)29(36)37)32-28(35)25(23)26(19-8-5-4-6-9-19)31-21-12-10-20(11-13-21)27(34)30-14-7-15-33(2)3/h4-6,8-13,16-17,31H,7,14-15H2,1-3H3,(H,30,34)(H,32,35)(H,36,37). The molecule has 1 heterocycles. The van der Waals surface area contributed by atoms with E-state index in [1.807, 2.05) is 44.4 Å². The van der Waals surface area contributed by atoms with E-state index in [1.54, 1.807) is 37.3 Å². The molecule has 0 atom stereocenters. The lowest BCUT2D eigenvalue weighted by molar-refractivity contribution is -0.110. The Balaban J connectivity index is 1.65. The lowest BCUT2D eigenvalue weighted by Crippen LogP contribution is -2.27. The van der Waals surface area contributed by atoms with Crippen LogP contribution in [-0.2, 0) is 4.79 Å². The summed E-state index contributed by atoms with van der Waals surface area (Å²) in [6, 6.07) is 19.7. The van der Waals surface area contributed by atoms with Gasteiger partial charge in [-0.2, -0.15) is 0 Å². The third-order valence-corrected chi connectivity index (χ3v) is 6.14. The second kappa shape index (κ2) is 11.1. The van der Waals surface area contributed by atoms with Gasteiger partial charge in [0.25, 0.3) is 11.8 Å². The summed E-state index contributed by atoms with van der Waals surface area (Å²) in [4.78, 5) is 39.3. The fraction of sp³-hybridized carbons (Fsp3) is 0.207. The van der Waals surface area contributed by atoms with Crippen LogP contribution in [0.5, 0.6) is 0 Å². The number of anilines is 2. The van der Waals surface area contributed by atoms with Crippen molar-refractivity contribution in [2.45, 2.75) is 13.3 Å². The molecule has 0 aromatic heterocycles. The number of hydrogen-bond acceptors (Lipinski definition) is 5. The molecule has 0 unspecified atom stereocenters. The van der Waals surface area contributed by atoms with E-state index < -0.39 is 5.97 Å². The molecule has 0 saturated heterocycles. The molecule has 1 aliphatic heterocycles. The van der Waals surface area contributed by atoms with Gasteiger partial charge >= 0.3 is 5.97 Å². The number of nitrogens with one attached hydrogen (secondary N) is 3. The van der Waals surface area contributed by atoms with E-state index in [-0.39, 0.29) is 17.4 Å². The molecule has 0 radical (unpaired) electrons. The highest BCUT2D eigenvalue weighted by molar-refractivity contribution is 6.37. The fourth-order valence-corrected chi connectivity index (χ4v) is 4.24. The number of nitrogens with zero attached hydrogens (tertiary/aromatic N) is 1. The number of carbonyl (C=O) groups excluding carboxylic acids is 2. The summed E-state index contributed by atoms with van der Waals surface area (Å²) < 4.78 is 0. The summed E-state index contributed by atoms with van der Waals surface area (Å²) in [7, 11) is 3.99. The van der Waals surface area contributed by atoms with Gasteiger partial charge in [-0.05, 0) is 81.5 Å². The molecule has 0 bridgehead atoms. The van der Waals surface area contributed by atoms with Crippen molar-refractivity contribution < 1.29 is 19.5 Å². The number of carboxylic acid groups (broad SMARTS) is 1. The second-order valence-corrected chi connectivity index (χ2v) is 9.20. The van der Waals surface area contributed by atoms with Gasteiger partial charge in [0.2, 0.25) is 0 Å². The first-order chi connectivity index (χ1) is 17.7. The second-order valence-electron chi connectivity index (χ2n) is 9.20. The molecule has 4 N–H and O–H groups in total. The predicted octanol–water partition coefficient (Wildman–Crippen LogP) is 4.31. The molecule has 0 saturated carbocycles. The van der Waals surface area contributed by atoms with E-state index >= 15 is 0 Å². The lowest BCUT2D eigenvalue weighted by atomic mass is 9.96. The van der Waals surface area contributed by atoms with Gasteiger partial charge in [0.05, 0.1) is 22.5 Å². The van der Waals surface area contributed by atoms with Crippen molar-refractivity contribution in [2.75, 3.05) is 37.8 Å². The zero-order chi connectivity index (χ0) is 26.5. The Morgan fingerprint density at radius 1 is 0.973 bits per heavy atom. The van der Waals surface area contributed by atoms with Crippen LogP contribution in [-0.4, -0.2) is 55.0 Å². The number of rotatable bonds is 9. The number of carboxylic acids is 1. The zero-order valence-corrected chi connectivity index (χ0v) is 21.1. The number of fused-ring (bicyclic) bond motifs is 1. The number of carbonyl (C=O) groups is 3. The summed E-state index contributed by atoms with van der Waals surface area (Å²) in [5.41, 5.74) is 4.85. The van der Waals surface area contributed by atoms with Crippen LogP contribution in [0.2, 0.25) is 0 Å². The minimum absolute atomic E-state index is 0.138. The van der Waals surface area contributed by atoms with Crippen molar-refractivity contribution in [3.8, 4) is 0 Å². The smallest absolute Gasteiger partial charge is 0.336 e. The molecule has 1 aliphatic rings. The van der Waals surface area contributed by atoms with Crippen LogP contribution in [0.1, 0.15) is 43.8 Å². The molecule has 8 nitrogen and oxygen atoms in total. The minimum atomic E-state index is -1.05. The Morgan fingerprint density at radius 2 is 1.68 bits per heavy atom. The number of benzene rings is 3. The van der Waals surface area contributed by atoms with Crippen LogP contribution in [0.4, 0.5) is 11.4 Å². The minimum Gasteiger partial charge on any atom is -0.478 e. The fourth-order valence-electron chi connectivity index (χ4n) is 4.24. The first-order valence-electron chi connectivity index (χ1n) is 12.0. The topological polar surface area (TPSA) is 111 Å². The van der Waals surface area contributed by atoms with E-state index in [0.29, 0.717) is 45.9 Å². The maximum absolute atomic E-state index is 13.1.